The number of aromatic nitrogens is 1. The number of furan rings is 1. The topological polar surface area (TPSA) is 76.4 Å². The van der Waals surface area contributed by atoms with Crippen LogP contribution in [-0.2, 0) is 6.54 Å². The van der Waals surface area contributed by atoms with Crippen LogP contribution in [0.5, 0.6) is 0 Å². The summed E-state index contributed by atoms with van der Waals surface area (Å²) in [7, 11) is 0. The van der Waals surface area contributed by atoms with Gasteiger partial charge in [0.1, 0.15) is 0 Å². The molecule has 7 heteroatoms. The van der Waals surface area contributed by atoms with Gasteiger partial charge in [-0.25, -0.2) is 9.98 Å². The standard InChI is InChI=1S/C14H18N4OS.HI/c15-14(18-10-4-1-2-5-10)16-8-11-9-20-13(17-11)12-6-3-7-19-12;/h3,6-7,9-10H,1-2,4-5,8H2,(H3,15,16,18);1H. The van der Waals surface area contributed by atoms with Gasteiger partial charge in [-0.05, 0) is 25.0 Å². The maximum Gasteiger partial charge on any atom is 0.189 e. The molecule has 0 bridgehead atoms. The van der Waals surface area contributed by atoms with Crippen LogP contribution in [0.4, 0.5) is 0 Å². The molecule has 1 saturated carbocycles. The molecule has 2 aromatic heterocycles. The van der Waals surface area contributed by atoms with Crippen LogP contribution in [-0.4, -0.2) is 17.0 Å². The summed E-state index contributed by atoms with van der Waals surface area (Å²) < 4.78 is 5.32. The lowest BCUT2D eigenvalue weighted by molar-refractivity contribution is 0.581. The Hall–Kier alpha value is -1.09. The molecule has 1 aliphatic carbocycles. The van der Waals surface area contributed by atoms with Crippen LogP contribution >= 0.6 is 35.3 Å². The molecule has 2 heterocycles. The Morgan fingerprint density at radius 3 is 3.00 bits per heavy atom. The van der Waals surface area contributed by atoms with Crippen molar-refractivity contribution in [3.63, 3.8) is 0 Å². The molecule has 0 aromatic carbocycles. The van der Waals surface area contributed by atoms with Crippen molar-refractivity contribution in [2.75, 3.05) is 0 Å². The monoisotopic (exact) mass is 418 g/mol. The van der Waals surface area contributed by atoms with Crippen molar-refractivity contribution in [3.05, 3.63) is 29.5 Å². The molecule has 21 heavy (non-hydrogen) atoms. The van der Waals surface area contributed by atoms with Crippen molar-refractivity contribution >= 4 is 41.3 Å². The number of nitrogens with zero attached hydrogens (tertiary/aromatic N) is 2. The van der Waals surface area contributed by atoms with Crippen LogP contribution in [0.15, 0.2) is 33.2 Å². The molecule has 0 saturated heterocycles. The number of nitrogens with two attached hydrogens (primary N) is 1. The third kappa shape index (κ3) is 4.44. The molecule has 2 aromatic rings. The molecule has 5 nitrogen and oxygen atoms in total. The smallest absolute Gasteiger partial charge is 0.189 e. The van der Waals surface area contributed by atoms with Gasteiger partial charge in [0.2, 0.25) is 0 Å². The van der Waals surface area contributed by atoms with E-state index < -0.39 is 0 Å². The van der Waals surface area contributed by atoms with Crippen molar-refractivity contribution in [2.45, 2.75) is 38.3 Å². The summed E-state index contributed by atoms with van der Waals surface area (Å²) in [5.41, 5.74) is 6.81. The zero-order valence-corrected chi connectivity index (χ0v) is 14.8. The first kappa shape index (κ1) is 16.3. The highest BCUT2D eigenvalue weighted by Crippen LogP contribution is 2.24. The molecule has 3 N–H and O–H groups in total. The summed E-state index contributed by atoms with van der Waals surface area (Å²) >= 11 is 1.56. The number of thiazole rings is 1. The predicted octanol–water partition coefficient (Wildman–Crippen LogP) is 3.37. The number of hydrogen-bond acceptors (Lipinski definition) is 4. The Kier molecular flexibility index (Phi) is 6.04. The van der Waals surface area contributed by atoms with Crippen LogP contribution < -0.4 is 11.1 Å². The minimum Gasteiger partial charge on any atom is -0.462 e. The van der Waals surface area contributed by atoms with Crippen molar-refractivity contribution in [3.8, 4) is 10.8 Å². The fourth-order valence-electron chi connectivity index (χ4n) is 2.38. The van der Waals surface area contributed by atoms with Crippen LogP contribution in [0.1, 0.15) is 31.4 Å². The fourth-order valence-corrected chi connectivity index (χ4v) is 3.16. The molecule has 0 spiro atoms. The highest BCUT2D eigenvalue weighted by molar-refractivity contribution is 14.0. The zero-order valence-electron chi connectivity index (χ0n) is 11.6. The summed E-state index contributed by atoms with van der Waals surface area (Å²) in [4.78, 5) is 8.84. The molecule has 0 aliphatic heterocycles. The minimum absolute atomic E-state index is 0. The van der Waals surface area contributed by atoms with E-state index in [9.17, 15) is 0 Å². The van der Waals surface area contributed by atoms with Gasteiger partial charge >= 0.3 is 0 Å². The van der Waals surface area contributed by atoms with Gasteiger partial charge < -0.3 is 15.5 Å². The molecule has 0 radical (unpaired) electrons. The molecule has 114 valence electrons. The number of nitrogens with one attached hydrogen (secondary N) is 1. The first-order valence-corrected chi connectivity index (χ1v) is 7.74. The largest absolute Gasteiger partial charge is 0.462 e. The van der Waals surface area contributed by atoms with Gasteiger partial charge in [-0.15, -0.1) is 35.3 Å². The zero-order chi connectivity index (χ0) is 13.8. The quantitative estimate of drug-likeness (QED) is 0.454. The van der Waals surface area contributed by atoms with Gasteiger partial charge in [-0.3, -0.25) is 0 Å². The molecular formula is C14H19IN4OS. The van der Waals surface area contributed by atoms with E-state index >= 15 is 0 Å². The third-order valence-electron chi connectivity index (χ3n) is 3.40. The maximum atomic E-state index is 5.90. The SMILES string of the molecule is I.NC(=NCc1csc(-c2ccco2)n1)NC1CCCC1. The highest BCUT2D eigenvalue weighted by atomic mass is 127. The normalized spacial score (nSPS) is 15.9. The van der Waals surface area contributed by atoms with E-state index in [4.69, 9.17) is 10.2 Å². The fraction of sp³-hybridized carbons (Fsp3) is 0.429. The molecule has 0 atom stereocenters. The highest BCUT2D eigenvalue weighted by Gasteiger charge is 2.14. The minimum atomic E-state index is 0. The predicted molar refractivity (Wildman–Crippen MR) is 95.9 cm³/mol. The maximum absolute atomic E-state index is 5.90. The summed E-state index contributed by atoms with van der Waals surface area (Å²) in [5.74, 6) is 1.31. The van der Waals surface area contributed by atoms with Gasteiger partial charge in [0.25, 0.3) is 0 Å². The molecule has 3 rings (SSSR count). The van der Waals surface area contributed by atoms with Crippen molar-refractivity contribution < 1.29 is 4.42 Å². The van der Waals surface area contributed by atoms with Crippen LogP contribution in [0, 0.1) is 0 Å². The summed E-state index contributed by atoms with van der Waals surface area (Å²) in [5, 5.41) is 6.14. The summed E-state index contributed by atoms with van der Waals surface area (Å²) in [6.07, 6.45) is 6.59. The second kappa shape index (κ2) is 7.79. The number of hydrogen-bond donors (Lipinski definition) is 2. The Morgan fingerprint density at radius 2 is 2.29 bits per heavy atom. The van der Waals surface area contributed by atoms with E-state index in [-0.39, 0.29) is 24.0 Å². The van der Waals surface area contributed by atoms with Gasteiger partial charge in [0, 0.05) is 11.4 Å². The molecular weight excluding hydrogens is 399 g/mol. The van der Waals surface area contributed by atoms with Crippen molar-refractivity contribution in [1.82, 2.24) is 10.3 Å². The van der Waals surface area contributed by atoms with E-state index in [1.165, 1.54) is 25.7 Å². The first-order valence-electron chi connectivity index (χ1n) is 6.86. The first-order chi connectivity index (χ1) is 9.81. The van der Waals surface area contributed by atoms with Crippen molar-refractivity contribution in [2.24, 2.45) is 10.7 Å². The molecule has 1 aliphatic rings. The summed E-state index contributed by atoms with van der Waals surface area (Å²) in [6.45, 7) is 0.503. The lowest BCUT2D eigenvalue weighted by atomic mass is 10.2. The average Bonchev–Trinajstić information content (AvgIpc) is 3.18. The van der Waals surface area contributed by atoms with Gasteiger partial charge in [-0.2, -0.15) is 0 Å². The van der Waals surface area contributed by atoms with E-state index in [1.54, 1.807) is 17.6 Å². The lowest BCUT2D eigenvalue weighted by Crippen LogP contribution is -2.38. The number of guanidine groups is 1. The second-order valence-corrected chi connectivity index (χ2v) is 5.81. The van der Waals surface area contributed by atoms with Crippen molar-refractivity contribution in [1.29, 1.82) is 0 Å². The Labute approximate surface area is 145 Å². The van der Waals surface area contributed by atoms with Crippen LogP contribution in [0.25, 0.3) is 10.8 Å². The molecule has 0 unspecified atom stereocenters. The molecule has 1 fully saturated rings. The number of rotatable bonds is 4. The number of halogens is 1. The van der Waals surface area contributed by atoms with E-state index in [1.807, 2.05) is 17.5 Å². The van der Waals surface area contributed by atoms with E-state index in [0.29, 0.717) is 18.5 Å². The second-order valence-electron chi connectivity index (χ2n) is 4.95. The molecule has 0 amide bonds. The van der Waals surface area contributed by atoms with Crippen LogP contribution in [0.2, 0.25) is 0 Å². The average molecular weight is 418 g/mol. The Balaban J connectivity index is 0.00000161. The Morgan fingerprint density at radius 1 is 1.48 bits per heavy atom. The van der Waals surface area contributed by atoms with Gasteiger partial charge in [-0.1, -0.05) is 12.8 Å². The van der Waals surface area contributed by atoms with E-state index in [2.05, 4.69) is 15.3 Å². The van der Waals surface area contributed by atoms with E-state index in [0.717, 1.165) is 16.5 Å². The Bertz CT molecular complexity index is 576. The number of aliphatic imine (C=N–C) groups is 1. The van der Waals surface area contributed by atoms with Crippen LogP contribution in [0.3, 0.4) is 0 Å². The lowest BCUT2D eigenvalue weighted by Gasteiger charge is -2.11. The van der Waals surface area contributed by atoms with Gasteiger partial charge in [0.15, 0.2) is 16.7 Å². The van der Waals surface area contributed by atoms with Gasteiger partial charge in [0.05, 0.1) is 18.5 Å². The third-order valence-corrected chi connectivity index (χ3v) is 4.31. The summed E-state index contributed by atoms with van der Waals surface area (Å²) in [6, 6.07) is 4.26.